The van der Waals surface area contributed by atoms with Crippen molar-refractivity contribution in [3.63, 3.8) is 0 Å². The fourth-order valence-electron chi connectivity index (χ4n) is 6.67. The van der Waals surface area contributed by atoms with Crippen molar-refractivity contribution in [3.05, 3.63) is 12.2 Å². The quantitative estimate of drug-likeness (QED) is 0.0389. The average Bonchev–Trinajstić information content (AvgIpc) is 3.12. The minimum absolute atomic E-state index is 0.0611. The predicted octanol–water partition coefficient (Wildman–Crippen LogP) is 14.1. The Bertz CT molecular complexity index is 720. The van der Waals surface area contributed by atoms with Crippen molar-refractivity contribution in [2.45, 2.75) is 251 Å². The van der Waals surface area contributed by atoms with E-state index in [0.717, 1.165) is 32.1 Å². The van der Waals surface area contributed by atoms with Gasteiger partial charge in [-0.15, -0.1) is 0 Å². The average molecular weight is 707 g/mol. The van der Waals surface area contributed by atoms with Crippen molar-refractivity contribution >= 4 is 11.9 Å². The van der Waals surface area contributed by atoms with Crippen LogP contribution in [0.1, 0.15) is 245 Å². The lowest BCUT2D eigenvalue weighted by Crippen LogP contribution is -2.28. The van der Waals surface area contributed by atoms with Gasteiger partial charge in [0.1, 0.15) is 6.61 Å². The van der Waals surface area contributed by atoms with Crippen LogP contribution in [0, 0.1) is 0 Å². The van der Waals surface area contributed by atoms with Gasteiger partial charge in [0.25, 0.3) is 0 Å². The number of ether oxygens (including phenoxy) is 2. The molecule has 50 heavy (non-hydrogen) atoms. The summed E-state index contributed by atoms with van der Waals surface area (Å²) in [6.45, 7) is 4.16. The molecule has 5 heteroatoms. The molecule has 0 fully saturated rings. The van der Waals surface area contributed by atoms with Crippen molar-refractivity contribution in [1.82, 2.24) is 0 Å². The Kier molecular flexibility index (Phi) is 40.9. The van der Waals surface area contributed by atoms with E-state index in [2.05, 4.69) is 26.0 Å². The summed E-state index contributed by atoms with van der Waals surface area (Å²) < 4.78 is 10.6. The molecule has 1 N–H and O–H groups in total. The van der Waals surface area contributed by atoms with Crippen molar-refractivity contribution in [3.8, 4) is 0 Å². The monoisotopic (exact) mass is 707 g/mol. The summed E-state index contributed by atoms with van der Waals surface area (Å²) in [4.78, 5) is 24.3. The summed E-state index contributed by atoms with van der Waals surface area (Å²) in [5.41, 5.74) is 0. The van der Waals surface area contributed by atoms with Crippen LogP contribution in [0.3, 0.4) is 0 Å². The number of unbranched alkanes of at least 4 members (excludes halogenated alkanes) is 31. The minimum atomic E-state index is -0.767. The first-order valence-electron chi connectivity index (χ1n) is 22.2. The number of aliphatic hydroxyl groups is 1. The largest absolute Gasteiger partial charge is 0.462 e. The molecule has 0 aliphatic carbocycles. The van der Waals surface area contributed by atoms with Crippen LogP contribution in [-0.2, 0) is 19.1 Å². The number of carbonyl (C=O) groups is 2. The molecule has 0 aromatic rings. The van der Waals surface area contributed by atoms with Gasteiger partial charge in [-0.25, -0.2) is 0 Å². The van der Waals surface area contributed by atoms with Gasteiger partial charge in [0.15, 0.2) is 6.10 Å². The number of aliphatic hydroxyl groups excluding tert-OH is 1. The molecule has 0 rings (SSSR count). The van der Waals surface area contributed by atoms with E-state index in [0.29, 0.717) is 12.8 Å². The van der Waals surface area contributed by atoms with E-state index < -0.39 is 6.10 Å². The first-order valence-corrected chi connectivity index (χ1v) is 22.2. The second-order valence-electron chi connectivity index (χ2n) is 15.1. The van der Waals surface area contributed by atoms with Crippen LogP contribution in [-0.4, -0.2) is 36.4 Å². The molecule has 0 aromatic heterocycles. The molecular formula is C45H86O5. The second-order valence-corrected chi connectivity index (χ2v) is 15.1. The third-order valence-corrected chi connectivity index (χ3v) is 10.1. The maximum absolute atomic E-state index is 12.2. The van der Waals surface area contributed by atoms with E-state index in [4.69, 9.17) is 9.47 Å². The Balaban J connectivity index is 3.48. The number of hydrogen-bond acceptors (Lipinski definition) is 5. The van der Waals surface area contributed by atoms with Crippen molar-refractivity contribution < 1.29 is 24.2 Å². The van der Waals surface area contributed by atoms with Crippen LogP contribution >= 0.6 is 0 Å². The zero-order valence-electron chi connectivity index (χ0n) is 33.7. The summed E-state index contributed by atoms with van der Waals surface area (Å²) in [5.74, 6) is -0.581. The van der Waals surface area contributed by atoms with E-state index in [9.17, 15) is 14.7 Å². The molecule has 0 saturated carbocycles. The normalized spacial score (nSPS) is 12.1. The van der Waals surface area contributed by atoms with Gasteiger partial charge in [0.05, 0.1) is 6.61 Å². The molecule has 0 saturated heterocycles. The molecule has 0 aromatic carbocycles. The van der Waals surface area contributed by atoms with Crippen LogP contribution in [0.2, 0.25) is 0 Å². The number of esters is 2. The molecule has 0 unspecified atom stereocenters. The second kappa shape index (κ2) is 42.1. The zero-order chi connectivity index (χ0) is 36.4. The Morgan fingerprint density at radius 1 is 0.440 bits per heavy atom. The van der Waals surface area contributed by atoms with Crippen LogP contribution in [0.15, 0.2) is 12.2 Å². The maximum Gasteiger partial charge on any atom is 0.306 e. The Morgan fingerprint density at radius 3 is 1.08 bits per heavy atom. The first kappa shape index (κ1) is 48.6. The van der Waals surface area contributed by atoms with E-state index in [1.54, 1.807) is 0 Å². The third-order valence-electron chi connectivity index (χ3n) is 10.1. The Hall–Kier alpha value is -1.36. The molecule has 296 valence electrons. The molecule has 0 aliphatic rings. The van der Waals surface area contributed by atoms with Crippen LogP contribution in [0.5, 0.6) is 0 Å². The van der Waals surface area contributed by atoms with Gasteiger partial charge in [-0.3, -0.25) is 9.59 Å². The fraction of sp³-hybridized carbons (Fsp3) is 0.911. The van der Waals surface area contributed by atoms with Crippen LogP contribution < -0.4 is 0 Å². The van der Waals surface area contributed by atoms with E-state index in [1.165, 1.54) is 186 Å². The van der Waals surface area contributed by atoms with Crippen molar-refractivity contribution in [2.75, 3.05) is 13.2 Å². The lowest BCUT2D eigenvalue weighted by atomic mass is 10.0. The highest BCUT2D eigenvalue weighted by atomic mass is 16.6. The minimum Gasteiger partial charge on any atom is -0.462 e. The van der Waals surface area contributed by atoms with Gasteiger partial charge >= 0.3 is 11.9 Å². The highest BCUT2D eigenvalue weighted by Crippen LogP contribution is 2.16. The Labute approximate surface area is 311 Å². The van der Waals surface area contributed by atoms with Crippen molar-refractivity contribution in [1.29, 1.82) is 0 Å². The van der Waals surface area contributed by atoms with E-state index >= 15 is 0 Å². The molecule has 0 amide bonds. The van der Waals surface area contributed by atoms with E-state index in [1.807, 2.05) is 0 Å². The fourth-order valence-corrected chi connectivity index (χ4v) is 6.67. The predicted molar refractivity (Wildman–Crippen MR) is 215 cm³/mol. The summed E-state index contributed by atoms with van der Waals surface area (Å²) in [5, 5.41) is 9.58. The van der Waals surface area contributed by atoms with E-state index in [-0.39, 0.29) is 25.2 Å². The lowest BCUT2D eigenvalue weighted by molar-refractivity contribution is -0.161. The highest BCUT2D eigenvalue weighted by Gasteiger charge is 2.16. The van der Waals surface area contributed by atoms with Gasteiger partial charge in [0.2, 0.25) is 0 Å². The standard InChI is InChI=1S/C45H86O5/c1-3-5-7-9-11-13-15-17-19-21-22-24-25-27-29-31-33-35-37-39-44(47)49-42-43(41-46)50-45(48)40-38-36-34-32-30-28-26-23-20-18-16-14-12-10-8-6-4-2/h18,20,43,46H,3-17,19,21-42H2,1-2H3/t43-/m0/s1. The molecule has 0 radical (unpaired) electrons. The molecule has 0 heterocycles. The third kappa shape index (κ3) is 39.4. The van der Waals surface area contributed by atoms with Gasteiger partial charge < -0.3 is 14.6 Å². The molecular weight excluding hydrogens is 620 g/mol. The maximum atomic E-state index is 12.2. The summed E-state index contributed by atoms with van der Waals surface area (Å²) >= 11 is 0. The first-order chi connectivity index (χ1) is 24.6. The SMILES string of the molecule is CCCCCCCCC=CCCCCCCCCCC(=O)O[C@@H](CO)COC(=O)CCCCCCCCCCCCCCCCCCCCC. The molecule has 0 bridgehead atoms. The van der Waals surface area contributed by atoms with Crippen LogP contribution in [0.25, 0.3) is 0 Å². The summed E-state index contributed by atoms with van der Waals surface area (Å²) in [6, 6.07) is 0. The summed E-state index contributed by atoms with van der Waals surface area (Å²) in [6.07, 6.45) is 48.5. The van der Waals surface area contributed by atoms with Crippen LogP contribution in [0.4, 0.5) is 0 Å². The smallest absolute Gasteiger partial charge is 0.306 e. The molecule has 0 spiro atoms. The molecule has 5 nitrogen and oxygen atoms in total. The van der Waals surface area contributed by atoms with Gasteiger partial charge in [0, 0.05) is 12.8 Å². The number of hydrogen-bond donors (Lipinski definition) is 1. The zero-order valence-corrected chi connectivity index (χ0v) is 33.7. The Morgan fingerprint density at radius 2 is 0.740 bits per heavy atom. The molecule has 0 aliphatic heterocycles. The van der Waals surface area contributed by atoms with Gasteiger partial charge in [-0.05, 0) is 38.5 Å². The molecule has 1 atom stereocenters. The van der Waals surface area contributed by atoms with Crippen molar-refractivity contribution in [2.24, 2.45) is 0 Å². The summed E-state index contributed by atoms with van der Waals surface area (Å²) in [7, 11) is 0. The lowest BCUT2D eigenvalue weighted by Gasteiger charge is -2.15. The van der Waals surface area contributed by atoms with Gasteiger partial charge in [-0.2, -0.15) is 0 Å². The van der Waals surface area contributed by atoms with Gasteiger partial charge in [-0.1, -0.05) is 206 Å². The number of rotatable bonds is 41. The highest BCUT2D eigenvalue weighted by molar-refractivity contribution is 5.70. The topological polar surface area (TPSA) is 72.8 Å². The number of allylic oxidation sites excluding steroid dienone is 2. The number of carbonyl (C=O) groups excluding carboxylic acids is 2.